The average Bonchev–Trinajstić information content (AvgIpc) is 2.71. The van der Waals surface area contributed by atoms with E-state index in [-0.39, 0.29) is 5.41 Å². The predicted molar refractivity (Wildman–Crippen MR) is 67.4 cm³/mol. The number of rotatable bonds is 2. The minimum Gasteiger partial charge on any atom is -0.339 e. The van der Waals surface area contributed by atoms with Gasteiger partial charge in [0.05, 0.1) is 5.41 Å². The molecule has 2 N–H and O–H groups in total. The van der Waals surface area contributed by atoms with E-state index in [9.17, 15) is 4.79 Å². The normalized spacial score (nSPS) is 35.2. The van der Waals surface area contributed by atoms with Gasteiger partial charge in [-0.1, -0.05) is 19.3 Å². The SMILES string of the molecule is NCC1(C(=O)N2CCC3CCCCC32)CCC1. The molecule has 3 heteroatoms. The molecule has 96 valence electrons. The summed E-state index contributed by atoms with van der Waals surface area (Å²) in [5.74, 6) is 1.18. The lowest BCUT2D eigenvalue weighted by molar-refractivity contribution is -0.148. The van der Waals surface area contributed by atoms with Crippen molar-refractivity contribution in [3.05, 3.63) is 0 Å². The summed E-state index contributed by atoms with van der Waals surface area (Å²) in [6, 6.07) is 0.556. The Balaban J connectivity index is 1.73. The van der Waals surface area contributed by atoms with Crippen molar-refractivity contribution in [2.45, 2.75) is 57.4 Å². The van der Waals surface area contributed by atoms with Gasteiger partial charge in [0.2, 0.25) is 5.91 Å². The summed E-state index contributed by atoms with van der Waals surface area (Å²) in [5, 5.41) is 0. The molecular formula is C14H24N2O. The van der Waals surface area contributed by atoms with E-state index >= 15 is 0 Å². The van der Waals surface area contributed by atoms with Crippen LogP contribution in [-0.4, -0.2) is 29.9 Å². The molecule has 2 atom stereocenters. The van der Waals surface area contributed by atoms with Gasteiger partial charge in [0.1, 0.15) is 0 Å². The topological polar surface area (TPSA) is 46.3 Å². The molecule has 1 amide bonds. The van der Waals surface area contributed by atoms with E-state index in [1.165, 1.54) is 38.5 Å². The number of nitrogens with zero attached hydrogens (tertiary/aromatic N) is 1. The predicted octanol–water partition coefficient (Wildman–Crippen LogP) is 1.91. The Morgan fingerprint density at radius 1 is 1.18 bits per heavy atom. The second-order valence-corrected chi connectivity index (χ2v) is 6.24. The minimum absolute atomic E-state index is 0.160. The van der Waals surface area contributed by atoms with Crippen LogP contribution in [0.25, 0.3) is 0 Å². The van der Waals surface area contributed by atoms with Gasteiger partial charge >= 0.3 is 0 Å². The Labute approximate surface area is 104 Å². The Hall–Kier alpha value is -0.570. The fourth-order valence-corrected chi connectivity index (χ4v) is 4.07. The van der Waals surface area contributed by atoms with Crippen molar-refractivity contribution < 1.29 is 4.79 Å². The summed E-state index contributed by atoms with van der Waals surface area (Å²) >= 11 is 0. The van der Waals surface area contributed by atoms with Gasteiger partial charge in [0.25, 0.3) is 0 Å². The van der Waals surface area contributed by atoms with E-state index < -0.39 is 0 Å². The average molecular weight is 236 g/mol. The summed E-state index contributed by atoms with van der Waals surface area (Å²) in [6.07, 6.45) is 9.71. The maximum atomic E-state index is 12.7. The summed E-state index contributed by atoms with van der Waals surface area (Å²) in [6.45, 7) is 1.55. The van der Waals surface area contributed by atoms with Crippen LogP contribution in [0.15, 0.2) is 0 Å². The number of likely N-dealkylation sites (tertiary alicyclic amines) is 1. The second-order valence-electron chi connectivity index (χ2n) is 6.24. The van der Waals surface area contributed by atoms with Crippen molar-refractivity contribution in [2.75, 3.05) is 13.1 Å². The third-order valence-electron chi connectivity index (χ3n) is 5.43. The van der Waals surface area contributed by atoms with Gasteiger partial charge in [-0.15, -0.1) is 0 Å². The first-order valence-electron chi connectivity index (χ1n) is 7.28. The van der Waals surface area contributed by atoms with Gasteiger partial charge in [-0.2, -0.15) is 0 Å². The van der Waals surface area contributed by atoms with E-state index in [1.54, 1.807) is 0 Å². The van der Waals surface area contributed by atoms with Gasteiger partial charge in [0, 0.05) is 19.1 Å². The molecule has 3 fully saturated rings. The lowest BCUT2D eigenvalue weighted by Crippen LogP contribution is -2.54. The van der Waals surface area contributed by atoms with Crippen LogP contribution in [0.2, 0.25) is 0 Å². The Morgan fingerprint density at radius 3 is 2.59 bits per heavy atom. The molecule has 1 saturated heterocycles. The molecule has 17 heavy (non-hydrogen) atoms. The molecule has 0 aromatic heterocycles. The summed E-state index contributed by atoms with van der Waals surface area (Å²) in [5.41, 5.74) is 5.70. The number of fused-ring (bicyclic) bond motifs is 1. The van der Waals surface area contributed by atoms with E-state index in [0.717, 1.165) is 25.3 Å². The number of hydrogen-bond donors (Lipinski definition) is 1. The lowest BCUT2D eigenvalue weighted by atomic mass is 9.67. The zero-order valence-corrected chi connectivity index (χ0v) is 10.7. The van der Waals surface area contributed by atoms with Gasteiger partial charge in [-0.25, -0.2) is 0 Å². The highest BCUT2D eigenvalue weighted by Crippen LogP contribution is 2.45. The highest BCUT2D eigenvalue weighted by molar-refractivity contribution is 5.84. The third-order valence-corrected chi connectivity index (χ3v) is 5.43. The maximum absolute atomic E-state index is 12.7. The van der Waals surface area contributed by atoms with Crippen molar-refractivity contribution >= 4 is 5.91 Å². The van der Waals surface area contributed by atoms with Crippen molar-refractivity contribution in [1.82, 2.24) is 4.90 Å². The number of carbonyl (C=O) groups excluding carboxylic acids is 1. The first-order chi connectivity index (χ1) is 8.27. The van der Waals surface area contributed by atoms with Crippen molar-refractivity contribution in [3.63, 3.8) is 0 Å². The Morgan fingerprint density at radius 2 is 1.94 bits per heavy atom. The van der Waals surface area contributed by atoms with Gasteiger partial charge < -0.3 is 10.6 Å². The smallest absolute Gasteiger partial charge is 0.230 e. The van der Waals surface area contributed by atoms with E-state index in [2.05, 4.69) is 4.90 Å². The molecular weight excluding hydrogens is 212 g/mol. The van der Waals surface area contributed by atoms with Gasteiger partial charge in [-0.3, -0.25) is 4.79 Å². The van der Waals surface area contributed by atoms with Crippen LogP contribution in [0, 0.1) is 11.3 Å². The van der Waals surface area contributed by atoms with Crippen LogP contribution >= 0.6 is 0 Å². The highest BCUT2D eigenvalue weighted by Gasteiger charge is 2.49. The molecule has 0 spiro atoms. The molecule has 1 aliphatic heterocycles. The molecule has 3 nitrogen and oxygen atoms in total. The molecule has 0 aromatic rings. The standard InChI is InChI=1S/C14H24N2O/c15-10-14(7-3-8-14)13(17)16-9-6-11-4-1-2-5-12(11)16/h11-12H,1-10,15H2. The summed E-state index contributed by atoms with van der Waals surface area (Å²) < 4.78 is 0. The van der Waals surface area contributed by atoms with Crippen molar-refractivity contribution in [1.29, 1.82) is 0 Å². The number of nitrogens with two attached hydrogens (primary N) is 1. The molecule has 0 aromatic carbocycles. The zero-order valence-electron chi connectivity index (χ0n) is 10.7. The summed E-state index contributed by atoms with van der Waals surface area (Å²) in [4.78, 5) is 14.9. The van der Waals surface area contributed by atoms with Crippen LogP contribution in [-0.2, 0) is 4.79 Å². The van der Waals surface area contributed by atoms with Crippen LogP contribution in [0.3, 0.4) is 0 Å². The highest BCUT2D eigenvalue weighted by atomic mass is 16.2. The van der Waals surface area contributed by atoms with Crippen LogP contribution in [0.4, 0.5) is 0 Å². The van der Waals surface area contributed by atoms with E-state index in [4.69, 9.17) is 5.73 Å². The fourth-order valence-electron chi connectivity index (χ4n) is 4.07. The first kappa shape index (κ1) is 11.5. The largest absolute Gasteiger partial charge is 0.339 e. The quantitative estimate of drug-likeness (QED) is 0.796. The molecule has 3 aliphatic rings. The summed E-state index contributed by atoms with van der Waals surface area (Å²) in [7, 11) is 0. The monoisotopic (exact) mass is 236 g/mol. The van der Waals surface area contributed by atoms with Gasteiger partial charge in [-0.05, 0) is 38.0 Å². The molecule has 0 bridgehead atoms. The minimum atomic E-state index is -0.160. The van der Waals surface area contributed by atoms with Crippen molar-refractivity contribution in [2.24, 2.45) is 17.1 Å². The molecule has 2 unspecified atom stereocenters. The molecule has 0 radical (unpaired) electrons. The first-order valence-corrected chi connectivity index (χ1v) is 7.28. The van der Waals surface area contributed by atoms with Crippen LogP contribution in [0.5, 0.6) is 0 Å². The molecule has 2 saturated carbocycles. The van der Waals surface area contributed by atoms with Crippen LogP contribution in [0.1, 0.15) is 51.4 Å². The number of hydrogen-bond acceptors (Lipinski definition) is 2. The maximum Gasteiger partial charge on any atom is 0.230 e. The molecule has 3 rings (SSSR count). The number of carbonyl (C=O) groups is 1. The van der Waals surface area contributed by atoms with Crippen molar-refractivity contribution in [3.8, 4) is 0 Å². The van der Waals surface area contributed by atoms with Crippen LogP contribution < -0.4 is 5.73 Å². The molecule has 1 heterocycles. The Kier molecular flexibility index (Phi) is 2.89. The number of amides is 1. The van der Waals surface area contributed by atoms with E-state index in [1.807, 2.05) is 0 Å². The lowest BCUT2D eigenvalue weighted by Gasteiger charge is -2.44. The molecule has 2 aliphatic carbocycles. The zero-order chi connectivity index (χ0) is 11.9. The van der Waals surface area contributed by atoms with E-state index in [0.29, 0.717) is 18.5 Å². The second kappa shape index (κ2) is 4.27. The third kappa shape index (κ3) is 1.70. The van der Waals surface area contributed by atoms with Gasteiger partial charge in [0.15, 0.2) is 0 Å². The Bertz CT molecular complexity index is 306. The fraction of sp³-hybridized carbons (Fsp3) is 0.929.